The number of thiophene rings is 1. The van der Waals surface area contributed by atoms with E-state index in [0.29, 0.717) is 16.2 Å². The summed E-state index contributed by atoms with van der Waals surface area (Å²) in [6.07, 6.45) is 0. The highest BCUT2D eigenvalue weighted by atomic mass is 32.1. The molecule has 0 atom stereocenters. The highest BCUT2D eigenvalue weighted by Crippen LogP contribution is 2.26. The van der Waals surface area contributed by atoms with Crippen LogP contribution in [0.5, 0.6) is 0 Å². The number of pyridine rings is 1. The molecule has 0 amide bonds. The fraction of sp³-hybridized carbons (Fsp3) is 0. The maximum Gasteiger partial charge on any atom is 0.249 e. The van der Waals surface area contributed by atoms with Gasteiger partial charge >= 0.3 is 0 Å². The number of rotatable bonds is 1. The van der Waals surface area contributed by atoms with E-state index in [1.165, 1.54) is 17.4 Å². The first kappa shape index (κ1) is 10.0. The van der Waals surface area contributed by atoms with Gasteiger partial charge in [-0.3, -0.25) is 4.79 Å². The largest absolute Gasteiger partial charge is 0.316 e. The van der Waals surface area contributed by atoms with Crippen LogP contribution < -0.4 is 5.56 Å². The van der Waals surface area contributed by atoms with Crippen LogP contribution in [0.1, 0.15) is 5.56 Å². The first-order valence-electron chi connectivity index (χ1n) is 4.11. The van der Waals surface area contributed by atoms with Crippen molar-refractivity contribution in [2.45, 2.75) is 5.03 Å². The molecule has 0 aliphatic carbocycles. The van der Waals surface area contributed by atoms with Gasteiger partial charge < -0.3 is 4.98 Å². The second-order valence-corrected chi connectivity index (χ2v) is 4.12. The summed E-state index contributed by atoms with van der Waals surface area (Å²) >= 11 is 5.59. The number of nitrogens with zero attached hydrogens (tertiary/aromatic N) is 1. The highest BCUT2D eigenvalue weighted by molar-refractivity contribution is 7.80. The summed E-state index contributed by atoms with van der Waals surface area (Å²) in [6.45, 7) is 0. The molecule has 0 saturated carbocycles. The van der Waals surface area contributed by atoms with E-state index in [2.05, 4.69) is 17.6 Å². The summed E-state index contributed by atoms with van der Waals surface area (Å²) in [5, 5.41) is 13.1. The number of H-pyrrole nitrogens is 1. The fourth-order valence-corrected chi connectivity index (χ4v) is 2.24. The van der Waals surface area contributed by atoms with E-state index in [1.54, 1.807) is 0 Å². The Hall–Kier alpha value is -1.51. The van der Waals surface area contributed by atoms with Crippen LogP contribution in [-0.2, 0) is 0 Å². The number of thiol groups is 1. The molecule has 0 radical (unpaired) electrons. The van der Waals surface area contributed by atoms with Crippen molar-refractivity contribution >= 4 is 24.0 Å². The first-order valence-corrected chi connectivity index (χ1v) is 5.50. The van der Waals surface area contributed by atoms with E-state index < -0.39 is 0 Å². The van der Waals surface area contributed by atoms with Crippen molar-refractivity contribution in [1.82, 2.24) is 4.98 Å². The lowest BCUT2D eigenvalue weighted by molar-refractivity contribution is 1.07. The molecule has 1 N–H and O–H groups in total. The summed E-state index contributed by atoms with van der Waals surface area (Å²) in [4.78, 5) is 13.7. The van der Waals surface area contributed by atoms with Crippen molar-refractivity contribution in [3.8, 4) is 17.2 Å². The van der Waals surface area contributed by atoms with Crippen molar-refractivity contribution in [3.05, 3.63) is 38.8 Å². The van der Waals surface area contributed by atoms with Crippen molar-refractivity contribution in [3.63, 3.8) is 0 Å². The van der Waals surface area contributed by atoms with Gasteiger partial charge in [0, 0.05) is 11.6 Å². The molecule has 2 aromatic heterocycles. The quantitative estimate of drug-likeness (QED) is 0.744. The van der Waals surface area contributed by atoms with Crippen LogP contribution in [-0.4, -0.2) is 4.98 Å². The van der Waals surface area contributed by atoms with Gasteiger partial charge in [-0.1, -0.05) is 0 Å². The minimum Gasteiger partial charge on any atom is -0.316 e. The summed E-state index contributed by atoms with van der Waals surface area (Å²) < 4.78 is 0. The third kappa shape index (κ3) is 1.82. The molecule has 5 heteroatoms. The van der Waals surface area contributed by atoms with Gasteiger partial charge in [0.15, 0.2) is 0 Å². The van der Waals surface area contributed by atoms with Crippen molar-refractivity contribution in [1.29, 1.82) is 5.26 Å². The smallest absolute Gasteiger partial charge is 0.249 e. The second-order valence-electron chi connectivity index (χ2n) is 2.89. The van der Waals surface area contributed by atoms with Crippen LogP contribution >= 0.6 is 24.0 Å². The summed E-state index contributed by atoms with van der Waals surface area (Å²) in [6, 6.07) is 5.32. The molecule has 3 nitrogen and oxygen atoms in total. The number of hydrogen-bond acceptors (Lipinski definition) is 4. The molecular weight excluding hydrogens is 228 g/mol. The molecule has 2 aromatic rings. The number of aromatic nitrogens is 1. The molecule has 15 heavy (non-hydrogen) atoms. The van der Waals surface area contributed by atoms with Crippen LogP contribution in [0.4, 0.5) is 0 Å². The number of nitriles is 1. The summed E-state index contributed by atoms with van der Waals surface area (Å²) in [5.41, 5.74) is 1.65. The van der Waals surface area contributed by atoms with Gasteiger partial charge in [-0.25, -0.2) is 0 Å². The lowest BCUT2D eigenvalue weighted by Gasteiger charge is -2.02. The Kier molecular flexibility index (Phi) is 2.62. The van der Waals surface area contributed by atoms with Gasteiger partial charge in [-0.15, -0.1) is 12.6 Å². The van der Waals surface area contributed by atoms with E-state index in [9.17, 15) is 4.79 Å². The van der Waals surface area contributed by atoms with Gasteiger partial charge in [-0.05, 0) is 22.4 Å². The Morgan fingerprint density at radius 2 is 2.33 bits per heavy atom. The lowest BCUT2D eigenvalue weighted by atomic mass is 10.1. The van der Waals surface area contributed by atoms with Crippen LogP contribution in [0.2, 0.25) is 0 Å². The molecule has 74 valence electrons. The molecule has 0 fully saturated rings. The zero-order chi connectivity index (χ0) is 10.8. The average molecular weight is 234 g/mol. The minimum atomic E-state index is -0.250. The van der Waals surface area contributed by atoms with E-state index >= 15 is 0 Å². The van der Waals surface area contributed by atoms with Crippen LogP contribution in [0, 0.1) is 11.3 Å². The molecule has 0 unspecified atom stereocenters. The van der Waals surface area contributed by atoms with Crippen molar-refractivity contribution in [2.24, 2.45) is 0 Å². The van der Waals surface area contributed by atoms with Gasteiger partial charge in [0.1, 0.15) is 6.07 Å². The van der Waals surface area contributed by atoms with Gasteiger partial charge in [-0.2, -0.15) is 16.6 Å². The Bertz CT molecular complexity index is 578. The Morgan fingerprint density at radius 1 is 1.53 bits per heavy atom. The third-order valence-corrected chi connectivity index (χ3v) is 2.99. The predicted octanol–water partition coefficient (Wildman–Crippen LogP) is 2.26. The molecule has 2 heterocycles. The Morgan fingerprint density at radius 3 is 2.93 bits per heavy atom. The molecule has 0 aromatic carbocycles. The van der Waals surface area contributed by atoms with Crippen LogP contribution in [0.3, 0.4) is 0 Å². The molecule has 2 rings (SSSR count). The zero-order valence-corrected chi connectivity index (χ0v) is 9.23. The number of aromatic amines is 1. The van der Waals surface area contributed by atoms with Crippen molar-refractivity contribution in [2.75, 3.05) is 0 Å². The molecule has 0 aliphatic rings. The average Bonchev–Trinajstić information content (AvgIpc) is 2.69. The minimum absolute atomic E-state index is 0.250. The third-order valence-electron chi connectivity index (χ3n) is 1.97. The Labute approximate surface area is 95.4 Å². The van der Waals surface area contributed by atoms with E-state index in [4.69, 9.17) is 5.26 Å². The van der Waals surface area contributed by atoms with E-state index in [-0.39, 0.29) is 5.56 Å². The maximum absolute atomic E-state index is 11.3. The maximum atomic E-state index is 11.3. The second kappa shape index (κ2) is 3.93. The lowest BCUT2D eigenvalue weighted by Crippen LogP contribution is -2.07. The normalized spacial score (nSPS) is 9.87. The van der Waals surface area contributed by atoms with Gasteiger partial charge in [0.05, 0.1) is 10.6 Å². The number of hydrogen-bond donors (Lipinski definition) is 2. The fourth-order valence-electron chi connectivity index (χ4n) is 1.30. The standard InChI is InChI=1S/C10H6N2OS2/c11-4-8-7(6-1-2-15-5-6)3-9(13)12-10(8)14/h1-3,5H,(H2,12,13,14). The van der Waals surface area contributed by atoms with Crippen LogP contribution in [0.25, 0.3) is 11.1 Å². The number of nitrogens with one attached hydrogen (secondary N) is 1. The highest BCUT2D eigenvalue weighted by Gasteiger charge is 2.09. The molecule has 0 saturated heterocycles. The summed E-state index contributed by atoms with van der Waals surface area (Å²) in [7, 11) is 0. The van der Waals surface area contributed by atoms with Crippen molar-refractivity contribution < 1.29 is 0 Å². The molecule has 0 bridgehead atoms. The predicted molar refractivity (Wildman–Crippen MR) is 62.3 cm³/mol. The summed E-state index contributed by atoms with van der Waals surface area (Å²) in [5.74, 6) is 0. The SMILES string of the molecule is N#Cc1c(-c2ccsc2)cc(=O)[nH]c1S. The monoisotopic (exact) mass is 234 g/mol. The van der Waals surface area contributed by atoms with Gasteiger partial charge in [0.2, 0.25) is 5.56 Å². The molecular formula is C10H6N2OS2. The van der Waals surface area contributed by atoms with E-state index in [0.717, 1.165) is 5.56 Å². The van der Waals surface area contributed by atoms with Crippen LogP contribution in [0.15, 0.2) is 32.7 Å². The topological polar surface area (TPSA) is 56.6 Å². The zero-order valence-electron chi connectivity index (χ0n) is 7.52. The molecule has 0 aliphatic heterocycles. The van der Waals surface area contributed by atoms with Gasteiger partial charge in [0.25, 0.3) is 0 Å². The van der Waals surface area contributed by atoms with E-state index in [1.807, 2.05) is 22.9 Å². The Balaban J connectivity index is 2.77. The molecule has 0 spiro atoms. The first-order chi connectivity index (χ1) is 7.22.